The molecule has 1 fully saturated rings. The maximum Gasteiger partial charge on any atom is 0.232 e. The summed E-state index contributed by atoms with van der Waals surface area (Å²) in [7, 11) is 0. The molecular formula is C32H50N2O2. The van der Waals surface area contributed by atoms with Gasteiger partial charge in [-0.2, -0.15) is 0 Å². The Morgan fingerprint density at radius 3 is 1.92 bits per heavy atom. The van der Waals surface area contributed by atoms with Crippen molar-refractivity contribution in [3.05, 3.63) is 36.7 Å². The molecule has 0 spiro atoms. The van der Waals surface area contributed by atoms with Crippen LogP contribution in [-0.4, -0.2) is 23.2 Å². The van der Waals surface area contributed by atoms with E-state index in [1.165, 1.54) is 103 Å². The number of aromatic nitrogens is 2. The molecule has 1 heterocycles. The summed E-state index contributed by atoms with van der Waals surface area (Å²) in [5.41, 5.74) is 1.91. The fraction of sp³-hybridized carbons (Fsp3) is 0.688. The van der Waals surface area contributed by atoms with E-state index in [9.17, 15) is 0 Å². The Bertz CT molecular complexity index is 785. The Kier molecular flexibility index (Phi) is 14.4. The maximum atomic E-state index is 5.95. The topological polar surface area (TPSA) is 44.2 Å². The molecule has 0 amide bonds. The van der Waals surface area contributed by atoms with Gasteiger partial charge in [-0.15, -0.1) is 0 Å². The molecule has 1 aromatic carbocycles. The summed E-state index contributed by atoms with van der Waals surface area (Å²) in [6.45, 7) is 3.77. The van der Waals surface area contributed by atoms with E-state index in [-0.39, 0.29) is 0 Å². The first-order valence-corrected chi connectivity index (χ1v) is 15.0. The lowest BCUT2D eigenvalue weighted by Gasteiger charge is -2.09. The predicted octanol–water partition coefficient (Wildman–Crippen LogP) is 9.57. The van der Waals surface area contributed by atoms with Crippen LogP contribution in [0, 0.1) is 5.92 Å². The summed E-state index contributed by atoms with van der Waals surface area (Å²) < 4.78 is 11.7. The Hall–Kier alpha value is -2.10. The van der Waals surface area contributed by atoms with Gasteiger partial charge in [0.15, 0.2) is 0 Å². The SMILES string of the molecule is CCCCCCCCCOc1cnc(-c2ccc(OCCCCCCCCC3CCCC3)cc2)cn1. The molecule has 3 rings (SSSR count). The van der Waals surface area contributed by atoms with Crippen LogP contribution in [0.5, 0.6) is 11.6 Å². The van der Waals surface area contributed by atoms with Crippen molar-refractivity contribution in [3.8, 4) is 22.9 Å². The zero-order valence-corrected chi connectivity index (χ0v) is 22.9. The van der Waals surface area contributed by atoms with Crippen molar-refractivity contribution in [1.82, 2.24) is 9.97 Å². The maximum absolute atomic E-state index is 5.95. The summed E-state index contributed by atoms with van der Waals surface area (Å²) in [5.74, 6) is 2.59. The van der Waals surface area contributed by atoms with Crippen LogP contribution in [0.15, 0.2) is 36.7 Å². The van der Waals surface area contributed by atoms with Gasteiger partial charge >= 0.3 is 0 Å². The van der Waals surface area contributed by atoms with E-state index in [2.05, 4.69) is 29.0 Å². The minimum absolute atomic E-state index is 0.610. The highest BCUT2D eigenvalue weighted by Crippen LogP contribution is 2.29. The normalized spacial score (nSPS) is 13.8. The van der Waals surface area contributed by atoms with Crippen LogP contribution < -0.4 is 9.47 Å². The first-order valence-electron chi connectivity index (χ1n) is 15.0. The molecule has 0 atom stereocenters. The lowest BCUT2D eigenvalue weighted by atomic mass is 9.99. The number of hydrogen-bond donors (Lipinski definition) is 0. The molecule has 1 saturated carbocycles. The number of unbranched alkanes of at least 4 members (excludes halogenated alkanes) is 11. The summed E-state index contributed by atoms with van der Waals surface area (Å²) >= 11 is 0. The second-order valence-corrected chi connectivity index (χ2v) is 10.6. The van der Waals surface area contributed by atoms with Gasteiger partial charge < -0.3 is 9.47 Å². The van der Waals surface area contributed by atoms with Gasteiger partial charge in [0, 0.05) is 5.56 Å². The molecule has 200 valence electrons. The molecular weight excluding hydrogens is 444 g/mol. The van der Waals surface area contributed by atoms with E-state index in [0.717, 1.165) is 42.4 Å². The van der Waals surface area contributed by atoms with E-state index < -0.39 is 0 Å². The highest BCUT2D eigenvalue weighted by molar-refractivity contribution is 5.59. The van der Waals surface area contributed by atoms with Crippen LogP contribution in [0.2, 0.25) is 0 Å². The molecule has 36 heavy (non-hydrogen) atoms. The number of rotatable bonds is 20. The molecule has 4 heteroatoms. The van der Waals surface area contributed by atoms with Gasteiger partial charge in [-0.25, -0.2) is 9.97 Å². The molecule has 1 aliphatic rings. The third-order valence-corrected chi connectivity index (χ3v) is 7.53. The molecule has 4 nitrogen and oxygen atoms in total. The van der Waals surface area contributed by atoms with Gasteiger partial charge in [-0.3, -0.25) is 0 Å². The van der Waals surface area contributed by atoms with Gasteiger partial charge in [0.25, 0.3) is 0 Å². The third kappa shape index (κ3) is 11.8. The highest BCUT2D eigenvalue weighted by Gasteiger charge is 2.13. The summed E-state index contributed by atoms with van der Waals surface area (Å²) in [6, 6.07) is 8.18. The Balaban J connectivity index is 1.21. The van der Waals surface area contributed by atoms with Crippen LogP contribution in [-0.2, 0) is 0 Å². The van der Waals surface area contributed by atoms with Gasteiger partial charge in [0.2, 0.25) is 5.88 Å². The lowest BCUT2D eigenvalue weighted by molar-refractivity contribution is 0.292. The molecule has 0 radical (unpaired) electrons. The molecule has 0 bridgehead atoms. The van der Waals surface area contributed by atoms with Gasteiger partial charge in [-0.1, -0.05) is 110 Å². The van der Waals surface area contributed by atoms with E-state index in [0.29, 0.717) is 12.5 Å². The average Bonchev–Trinajstić information content (AvgIpc) is 3.44. The molecule has 2 aromatic rings. The van der Waals surface area contributed by atoms with Crippen molar-refractivity contribution in [2.75, 3.05) is 13.2 Å². The van der Waals surface area contributed by atoms with E-state index in [1.807, 2.05) is 12.1 Å². The Labute approximate surface area is 220 Å². The first-order chi connectivity index (χ1) is 17.8. The van der Waals surface area contributed by atoms with Crippen LogP contribution in [0.1, 0.15) is 122 Å². The van der Waals surface area contributed by atoms with Gasteiger partial charge in [-0.05, 0) is 43.0 Å². The highest BCUT2D eigenvalue weighted by atomic mass is 16.5. The number of nitrogens with zero attached hydrogens (tertiary/aromatic N) is 2. The molecule has 0 aliphatic heterocycles. The molecule has 1 aliphatic carbocycles. The average molecular weight is 495 g/mol. The third-order valence-electron chi connectivity index (χ3n) is 7.53. The fourth-order valence-corrected chi connectivity index (χ4v) is 5.23. The lowest BCUT2D eigenvalue weighted by Crippen LogP contribution is -2.00. The summed E-state index contributed by atoms with van der Waals surface area (Å²) in [5, 5.41) is 0. The van der Waals surface area contributed by atoms with Gasteiger partial charge in [0.05, 0.1) is 31.3 Å². The Morgan fingerprint density at radius 1 is 0.667 bits per heavy atom. The molecule has 0 unspecified atom stereocenters. The minimum atomic E-state index is 0.610. The van der Waals surface area contributed by atoms with Crippen LogP contribution in [0.3, 0.4) is 0 Å². The van der Waals surface area contributed by atoms with Crippen LogP contribution in [0.4, 0.5) is 0 Å². The number of hydrogen-bond acceptors (Lipinski definition) is 4. The van der Waals surface area contributed by atoms with Crippen molar-refractivity contribution in [1.29, 1.82) is 0 Å². The second-order valence-electron chi connectivity index (χ2n) is 10.6. The van der Waals surface area contributed by atoms with E-state index >= 15 is 0 Å². The van der Waals surface area contributed by atoms with Crippen molar-refractivity contribution in [3.63, 3.8) is 0 Å². The first kappa shape index (κ1) is 28.5. The van der Waals surface area contributed by atoms with Crippen molar-refractivity contribution >= 4 is 0 Å². The zero-order chi connectivity index (χ0) is 25.1. The number of ether oxygens (including phenoxy) is 2. The summed E-state index contributed by atoms with van der Waals surface area (Å²) in [4.78, 5) is 8.97. The quantitative estimate of drug-likeness (QED) is 0.172. The van der Waals surface area contributed by atoms with Crippen molar-refractivity contribution < 1.29 is 9.47 Å². The molecule has 0 saturated heterocycles. The van der Waals surface area contributed by atoms with Gasteiger partial charge in [0.1, 0.15) is 5.75 Å². The minimum Gasteiger partial charge on any atom is -0.494 e. The largest absolute Gasteiger partial charge is 0.494 e. The molecule has 0 N–H and O–H groups in total. The zero-order valence-electron chi connectivity index (χ0n) is 22.9. The second kappa shape index (κ2) is 18.2. The van der Waals surface area contributed by atoms with Crippen LogP contribution in [0.25, 0.3) is 11.3 Å². The fourth-order valence-electron chi connectivity index (χ4n) is 5.23. The van der Waals surface area contributed by atoms with E-state index in [4.69, 9.17) is 9.47 Å². The van der Waals surface area contributed by atoms with Crippen LogP contribution >= 0.6 is 0 Å². The standard InChI is InChI=1S/C32H50N2O2/c1-2-3-4-5-7-11-16-25-36-32-27-33-31(26-34-32)29-20-22-30(23-21-29)35-24-15-10-8-6-9-12-17-28-18-13-14-19-28/h20-23,26-28H,2-19,24-25H2,1H3. The Morgan fingerprint density at radius 2 is 1.28 bits per heavy atom. The van der Waals surface area contributed by atoms with Crippen molar-refractivity contribution in [2.45, 2.75) is 122 Å². The van der Waals surface area contributed by atoms with E-state index in [1.54, 1.807) is 12.4 Å². The predicted molar refractivity (Wildman–Crippen MR) is 151 cm³/mol. The van der Waals surface area contributed by atoms with Crippen molar-refractivity contribution in [2.24, 2.45) is 5.92 Å². The number of benzene rings is 1. The monoisotopic (exact) mass is 494 g/mol. The summed E-state index contributed by atoms with van der Waals surface area (Å²) in [6.07, 6.45) is 27.9. The smallest absolute Gasteiger partial charge is 0.232 e. The molecule has 1 aromatic heterocycles.